The fourth-order valence-electron chi connectivity index (χ4n) is 2.60. The predicted molar refractivity (Wildman–Crippen MR) is 82.0 cm³/mol. The molecule has 2 unspecified atom stereocenters. The van der Waals surface area contributed by atoms with Crippen LogP contribution in [0.3, 0.4) is 0 Å². The molecule has 2 rings (SSSR count). The second-order valence-corrected chi connectivity index (χ2v) is 5.95. The molecule has 21 heavy (non-hydrogen) atoms. The number of carbonyl (C=O) groups is 2. The molecule has 1 aliphatic rings. The summed E-state index contributed by atoms with van der Waals surface area (Å²) in [5.74, 6) is -0.619. The highest BCUT2D eigenvalue weighted by atomic mass is 35.5. The molecule has 5 nitrogen and oxygen atoms in total. The molecule has 0 aromatic heterocycles. The maximum atomic E-state index is 12.3. The lowest BCUT2D eigenvalue weighted by atomic mass is 9.92. The molecule has 1 saturated heterocycles. The number of carboxylic acids is 1. The largest absolute Gasteiger partial charge is 0.478 e. The Labute approximate surface area is 128 Å². The number of aromatic carboxylic acids is 1. The van der Waals surface area contributed by atoms with E-state index in [0.717, 1.165) is 12.8 Å². The van der Waals surface area contributed by atoms with Gasteiger partial charge in [-0.15, -0.1) is 0 Å². The lowest BCUT2D eigenvalue weighted by Gasteiger charge is -2.37. The van der Waals surface area contributed by atoms with Crippen LogP contribution in [0.15, 0.2) is 18.2 Å². The highest BCUT2D eigenvalue weighted by molar-refractivity contribution is 6.31. The van der Waals surface area contributed by atoms with Crippen molar-refractivity contribution in [2.24, 2.45) is 5.92 Å². The number of carboxylic acid groups (broad SMARTS) is 1. The van der Waals surface area contributed by atoms with Crippen molar-refractivity contribution < 1.29 is 14.7 Å². The van der Waals surface area contributed by atoms with E-state index in [1.807, 2.05) is 6.92 Å². The Bertz CT molecular complexity index is 562. The first-order chi connectivity index (χ1) is 9.88. The third kappa shape index (κ3) is 3.67. The van der Waals surface area contributed by atoms with Crippen molar-refractivity contribution in [2.75, 3.05) is 11.9 Å². The van der Waals surface area contributed by atoms with Crippen molar-refractivity contribution in [3.8, 4) is 0 Å². The number of amides is 2. The predicted octanol–water partition coefficient (Wildman–Crippen LogP) is 3.69. The quantitative estimate of drug-likeness (QED) is 0.875. The normalized spacial score (nSPS) is 22.0. The summed E-state index contributed by atoms with van der Waals surface area (Å²) in [4.78, 5) is 25.1. The standard InChI is InChI=1S/C15H19ClN2O3/c1-9-4-3-5-18(10(9)2)15(21)17-13-7-11(14(19)20)6-12(16)8-13/h6-10H,3-5H2,1-2H3,(H,17,21)(H,19,20). The molecule has 1 aromatic carbocycles. The van der Waals surface area contributed by atoms with E-state index in [2.05, 4.69) is 12.2 Å². The van der Waals surface area contributed by atoms with E-state index in [9.17, 15) is 9.59 Å². The number of hydrogen-bond acceptors (Lipinski definition) is 2. The summed E-state index contributed by atoms with van der Waals surface area (Å²) in [6.45, 7) is 4.87. The molecule has 1 aliphatic heterocycles. The number of carbonyl (C=O) groups excluding carboxylic acids is 1. The van der Waals surface area contributed by atoms with Gasteiger partial charge in [-0.05, 0) is 43.9 Å². The van der Waals surface area contributed by atoms with E-state index in [4.69, 9.17) is 16.7 Å². The van der Waals surface area contributed by atoms with Crippen molar-refractivity contribution in [3.63, 3.8) is 0 Å². The summed E-state index contributed by atoms with van der Waals surface area (Å²) >= 11 is 5.89. The van der Waals surface area contributed by atoms with Gasteiger partial charge in [-0.2, -0.15) is 0 Å². The van der Waals surface area contributed by atoms with Gasteiger partial charge in [0.15, 0.2) is 0 Å². The molecule has 0 saturated carbocycles. The highest BCUT2D eigenvalue weighted by Crippen LogP contribution is 2.24. The SMILES string of the molecule is CC1CCCN(C(=O)Nc2cc(Cl)cc(C(=O)O)c2)C1C. The number of rotatable bonds is 2. The minimum atomic E-state index is -1.08. The maximum absolute atomic E-state index is 12.3. The summed E-state index contributed by atoms with van der Waals surface area (Å²) in [5.41, 5.74) is 0.452. The first-order valence-electron chi connectivity index (χ1n) is 7.00. The fourth-order valence-corrected chi connectivity index (χ4v) is 2.84. The average Bonchev–Trinajstić information content (AvgIpc) is 2.41. The number of benzene rings is 1. The molecule has 1 fully saturated rings. The van der Waals surface area contributed by atoms with Crippen LogP contribution in [0.1, 0.15) is 37.0 Å². The molecule has 0 spiro atoms. The highest BCUT2D eigenvalue weighted by Gasteiger charge is 2.28. The second-order valence-electron chi connectivity index (χ2n) is 5.52. The lowest BCUT2D eigenvalue weighted by molar-refractivity contribution is 0.0697. The zero-order chi connectivity index (χ0) is 15.6. The van der Waals surface area contributed by atoms with Gasteiger partial charge in [0, 0.05) is 23.3 Å². The first-order valence-corrected chi connectivity index (χ1v) is 7.38. The minimum absolute atomic E-state index is 0.0536. The van der Waals surface area contributed by atoms with Crippen molar-refractivity contribution in [2.45, 2.75) is 32.7 Å². The van der Waals surface area contributed by atoms with Gasteiger partial charge < -0.3 is 15.3 Å². The number of piperidine rings is 1. The van der Waals surface area contributed by atoms with E-state index in [0.29, 0.717) is 18.2 Å². The maximum Gasteiger partial charge on any atom is 0.335 e. The van der Waals surface area contributed by atoms with E-state index < -0.39 is 5.97 Å². The van der Waals surface area contributed by atoms with Gasteiger partial charge >= 0.3 is 12.0 Å². The van der Waals surface area contributed by atoms with Crippen LogP contribution in [0, 0.1) is 5.92 Å². The third-order valence-electron chi connectivity index (χ3n) is 4.03. The van der Waals surface area contributed by atoms with Crippen LogP contribution >= 0.6 is 11.6 Å². The summed E-state index contributed by atoms with van der Waals surface area (Å²) in [6, 6.07) is 4.25. The molecule has 114 valence electrons. The number of urea groups is 1. The Morgan fingerprint density at radius 2 is 2.05 bits per heavy atom. The molecule has 1 heterocycles. The number of hydrogen-bond donors (Lipinski definition) is 2. The molecule has 0 radical (unpaired) electrons. The van der Waals surface area contributed by atoms with Crippen LogP contribution in [0.25, 0.3) is 0 Å². The number of nitrogens with zero attached hydrogens (tertiary/aromatic N) is 1. The third-order valence-corrected chi connectivity index (χ3v) is 4.25. The zero-order valence-corrected chi connectivity index (χ0v) is 12.9. The molecule has 2 N–H and O–H groups in total. The van der Waals surface area contributed by atoms with E-state index in [1.165, 1.54) is 12.1 Å². The van der Waals surface area contributed by atoms with Crippen LogP contribution in [-0.4, -0.2) is 34.6 Å². The average molecular weight is 311 g/mol. The number of halogens is 1. The Hall–Kier alpha value is -1.75. The molecule has 2 amide bonds. The molecular formula is C15H19ClN2O3. The van der Waals surface area contributed by atoms with Crippen LogP contribution in [0.5, 0.6) is 0 Å². The Morgan fingerprint density at radius 3 is 2.71 bits per heavy atom. The molecule has 0 aliphatic carbocycles. The van der Waals surface area contributed by atoms with Crippen LogP contribution < -0.4 is 5.32 Å². The van der Waals surface area contributed by atoms with E-state index in [-0.39, 0.29) is 22.7 Å². The smallest absolute Gasteiger partial charge is 0.335 e. The van der Waals surface area contributed by atoms with Crippen molar-refractivity contribution in [1.29, 1.82) is 0 Å². The zero-order valence-electron chi connectivity index (χ0n) is 12.1. The summed E-state index contributed by atoms with van der Waals surface area (Å²) < 4.78 is 0. The summed E-state index contributed by atoms with van der Waals surface area (Å²) in [6.07, 6.45) is 2.10. The van der Waals surface area contributed by atoms with Crippen LogP contribution in [0.2, 0.25) is 5.02 Å². The van der Waals surface area contributed by atoms with Gasteiger partial charge in [-0.1, -0.05) is 18.5 Å². The van der Waals surface area contributed by atoms with Gasteiger partial charge in [0.25, 0.3) is 0 Å². The van der Waals surface area contributed by atoms with Gasteiger partial charge in [0.2, 0.25) is 0 Å². The molecule has 2 atom stereocenters. The van der Waals surface area contributed by atoms with Crippen LogP contribution in [-0.2, 0) is 0 Å². The van der Waals surface area contributed by atoms with Gasteiger partial charge in [0.1, 0.15) is 0 Å². The number of likely N-dealkylation sites (tertiary alicyclic amines) is 1. The lowest BCUT2D eigenvalue weighted by Crippen LogP contribution is -2.47. The van der Waals surface area contributed by atoms with Crippen molar-refractivity contribution >= 4 is 29.3 Å². The topological polar surface area (TPSA) is 69.6 Å². The van der Waals surface area contributed by atoms with Gasteiger partial charge in [-0.25, -0.2) is 9.59 Å². The number of anilines is 1. The van der Waals surface area contributed by atoms with Crippen molar-refractivity contribution in [3.05, 3.63) is 28.8 Å². The Kier molecular flexibility index (Phi) is 4.73. The summed E-state index contributed by atoms with van der Waals surface area (Å²) in [5, 5.41) is 12.0. The molecular weight excluding hydrogens is 292 g/mol. The van der Waals surface area contributed by atoms with Gasteiger partial charge in [0.05, 0.1) is 5.56 Å². The minimum Gasteiger partial charge on any atom is -0.478 e. The monoisotopic (exact) mass is 310 g/mol. The Balaban J connectivity index is 2.14. The van der Waals surface area contributed by atoms with Gasteiger partial charge in [-0.3, -0.25) is 0 Å². The van der Waals surface area contributed by atoms with Crippen LogP contribution in [0.4, 0.5) is 10.5 Å². The first kappa shape index (κ1) is 15.6. The molecule has 6 heteroatoms. The van der Waals surface area contributed by atoms with E-state index >= 15 is 0 Å². The Morgan fingerprint density at radius 1 is 1.33 bits per heavy atom. The molecule has 1 aromatic rings. The second kappa shape index (κ2) is 6.35. The van der Waals surface area contributed by atoms with E-state index in [1.54, 1.807) is 11.0 Å². The molecule has 0 bridgehead atoms. The summed E-state index contributed by atoms with van der Waals surface area (Å²) in [7, 11) is 0. The number of nitrogens with one attached hydrogen (secondary N) is 1. The van der Waals surface area contributed by atoms with Crippen molar-refractivity contribution in [1.82, 2.24) is 4.90 Å². The fraction of sp³-hybridized carbons (Fsp3) is 0.467.